The molecule has 5 heteroatoms. The van der Waals surface area contributed by atoms with E-state index in [-0.39, 0.29) is 11.9 Å². The molecule has 0 saturated heterocycles. The van der Waals surface area contributed by atoms with E-state index < -0.39 is 0 Å². The Morgan fingerprint density at radius 1 is 1.47 bits per heavy atom. The van der Waals surface area contributed by atoms with E-state index in [4.69, 9.17) is 15.0 Å². The molecule has 0 amide bonds. The van der Waals surface area contributed by atoms with Crippen molar-refractivity contribution in [3.63, 3.8) is 0 Å². The molecule has 1 atom stereocenters. The molecule has 92 valence electrons. The number of nitrogens with one attached hydrogen (secondary N) is 1. The minimum Gasteiger partial charge on any atom is -0.459 e. The third-order valence-corrected chi connectivity index (χ3v) is 2.53. The molecule has 1 heterocycles. The predicted molar refractivity (Wildman–Crippen MR) is 62.7 cm³/mol. The van der Waals surface area contributed by atoms with E-state index in [0.29, 0.717) is 24.6 Å². The Morgan fingerprint density at radius 3 is 3.00 bits per heavy atom. The lowest BCUT2D eigenvalue weighted by Crippen LogP contribution is -2.31. The van der Waals surface area contributed by atoms with Crippen molar-refractivity contribution >= 4 is 11.0 Å². The molecular weight excluding hydrogens is 223 g/mol. The van der Waals surface area contributed by atoms with Crippen LogP contribution in [0, 0.1) is 5.82 Å². The Balaban J connectivity index is 2.27. The summed E-state index contributed by atoms with van der Waals surface area (Å²) < 4.78 is 23.9. The summed E-state index contributed by atoms with van der Waals surface area (Å²) in [6, 6.07) is 5.93. The first kappa shape index (κ1) is 12.0. The van der Waals surface area contributed by atoms with E-state index in [1.54, 1.807) is 12.1 Å². The van der Waals surface area contributed by atoms with Gasteiger partial charge in [0.15, 0.2) is 0 Å². The fourth-order valence-corrected chi connectivity index (χ4v) is 1.65. The number of fused-ring (bicyclic) bond motifs is 1. The van der Waals surface area contributed by atoms with Crippen LogP contribution in [-0.2, 0) is 4.74 Å². The Labute approximate surface area is 98.5 Å². The average molecular weight is 238 g/mol. The number of hydrazine groups is 1. The molecule has 3 N–H and O–H groups in total. The van der Waals surface area contributed by atoms with Gasteiger partial charge in [-0.1, -0.05) is 0 Å². The molecule has 0 bridgehead atoms. The van der Waals surface area contributed by atoms with Crippen molar-refractivity contribution in [2.24, 2.45) is 5.84 Å². The van der Waals surface area contributed by atoms with Gasteiger partial charge in [0.25, 0.3) is 0 Å². The van der Waals surface area contributed by atoms with Gasteiger partial charge in [0.2, 0.25) is 0 Å². The minimum absolute atomic E-state index is 0.231. The highest BCUT2D eigenvalue weighted by atomic mass is 19.1. The standard InChI is InChI=1S/C12H15FN2O2/c1-2-16-7-10(15-14)12-6-8-5-9(13)3-4-11(8)17-12/h3-6,10,15H,2,7,14H2,1H3. The van der Waals surface area contributed by atoms with Gasteiger partial charge in [0.05, 0.1) is 6.61 Å². The van der Waals surface area contributed by atoms with Gasteiger partial charge in [0.1, 0.15) is 23.2 Å². The summed E-state index contributed by atoms with van der Waals surface area (Å²) >= 11 is 0. The van der Waals surface area contributed by atoms with Crippen molar-refractivity contribution in [1.29, 1.82) is 0 Å². The third-order valence-electron chi connectivity index (χ3n) is 2.53. The lowest BCUT2D eigenvalue weighted by Gasteiger charge is -2.12. The fraction of sp³-hybridized carbons (Fsp3) is 0.333. The number of ether oxygens (including phenoxy) is 1. The van der Waals surface area contributed by atoms with Crippen LogP contribution in [0.4, 0.5) is 4.39 Å². The van der Waals surface area contributed by atoms with Crippen LogP contribution >= 0.6 is 0 Å². The maximum Gasteiger partial charge on any atom is 0.134 e. The fourth-order valence-electron chi connectivity index (χ4n) is 1.65. The summed E-state index contributed by atoms with van der Waals surface area (Å²) in [6.07, 6.45) is 0. The van der Waals surface area contributed by atoms with Crippen molar-refractivity contribution in [1.82, 2.24) is 5.43 Å². The molecular formula is C12H15FN2O2. The van der Waals surface area contributed by atoms with E-state index in [2.05, 4.69) is 5.43 Å². The second kappa shape index (κ2) is 5.27. The number of furan rings is 1. The number of rotatable bonds is 5. The van der Waals surface area contributed by atoms with Crippen molar-refractivity contribution in [3.8, 4) is 0 Å². The van der Waals surface area contributed by atoms with E-state index in [1.807, 2.05) is 6.92 Å². The first-order valence-corrected chi connectivity index (χ1v) is 5.47. The zero-order chi connectivity index (χ0) is 12.3. The third kappa shape index (κ3) is 2.63. The first-order chi connectivity index (χ1) is 8.24. The molecule has 0 saturated carbocycles. The largest absolute Gasteiger partial charge is 0.459 e. The zero-order valence-electron chi connectivity index (χ0n) is 9.57. The number of hydrogen-bond donors (Lipinski definition) is 2. The number of hydrogen-bond acceptors (Lipinski definition) is 4. The molecule has 0 fully saturated rings. The maximum atomic E-state index is 13.0. The zero-order valence-corrected chi connectivity index (χ0v) is 9.57. The van der Waals surface area contributed by atoms with Gasteiger partial charge in [-0.05, 0) is 31.2 Å². The van der Waals surface area contributed by atoms with E-state index >= 15 is 0 Å². The topological polar surface area (TPSA) is 60.4 Å². The SMILES string of the molecule is CCOCC(NN)c1cc2cc(F)ccc2o1. The van der Waals surface area contributed by atoms with Crippen LogP contribution in [0.1, 0.15) is 18.7 Å². The molecule has 0 aliphatic rings. The molecule has 17 heavy (non-hydrogen) atoms. The van der Waals surface area contributed by atoms with Crippen molar-refractivity contribution in [3.05, 3.63) is 35.8 Å². The second-order valence-corrected chi connectivity index (χ2v) is 3.71. The van der Waals surface area contributed by atoms with Gasteiger partial charge in [-0.25, -0.2) is 9.82 Å². The Morgan fingerprint density at radius 2 is 2.29 bits per heavy atom. The second-order valence-electron chi connectivity index (χ2n) is 3.71. The molecule has 2 rings (SSSR count). The molecule has 0 spiro atoms. The lowest BCUT2D eigenvalue weighted by atomic mass is 10.2. The molecule has 2 aromatic rings. The van der Waals surface area contributed by atoms with Crippen molar-refractivity contribution in [2.45, 2.75) is 13.0 Å². The molecule has 0 radical (unpaired) electrons. The Hall–Kier alpha value is -1.43. The molecule has 4 nitrogen and oxygen atoms in total. The van der Waals surface area contributed by atoms with Gasteiger partial charge in [-0.3, -0.25) is 5.84 Å². The summed E-state index contributed by atoms with van der Waals surface area (Å²) in [5.41, 5.74) is 3.25. The van der Waals surface area contributed by atoms with Crippen LogP contribution in [0.2, 0.25) is 0 Å². The summed E-state index contributed by atoms with van der Waals surface area (Å²) in [6.45, 7) is 2.92. The van der Waals surface area contributed by atoms with Crippen molar-refractivity contribution < 1.29 is 13.5 Å². The number of halogens is 1. The number of nitrogens with two attached hydrogens (primary N) is 1. The average Bonchev–Trinajstić information content (AvgIpc) is 2.72. The van der Waals surface area contributed by atoms with Gasteiger partial charge in [-0.2, -0.15) is 0 Å². The highest BCUT2D eigenvalue weighted by Gasteiger charge is 2.15. The highest BCUT2D eigenvalue weighted by molar-refractivity contribution is 5.78. The van der Waals surface area contributed by atoms with Crippen LogP contribution < -0.4 is 11.3 Å². The smallest absolute Gasteiger partial charge is 0.134 e. The van der Waals surface area contributed by atoms with E-state index in [1.165, 1.54) is 12.1 Å². The normalized spacial score (nSPS) is 13.1. The first-order valence-electron chi connectivity index (χ1n) is 5.47. The van der Waals surface area contributed by atoms with Crippen LogP contribution in [0.15, 0.2) is 28.7 Å². The quantitative estimate of drug-likeness (QED) is 0.618. The lowest BCUT2D eigenvalue weighted by molar-refractivity contribution is 0.117. The van der Waals surface area contributed by atoms with Crippen LogP contribution in [0.3, 0.4) is 0 Å². The Bertz CT molecular complexity index is 498. The highest BCUT2D eigenvalue weighted by Crippen LogP contribution is 2.24. The minimum atomic E-state index is -0.285. The van der Waals surface area contributed by atoms with E-state index in [9.17, 15) is 4.39 Å². The molecule has 1 aromatic heterocycles. The predicted octanol–water partition coefficient (Wildman–Crippen LogP) is 2.11. The maximum absolute atomic E-state index is 13.0. The van der Waals surface area contributed by atoms with Gasteiger partial charge >= 0.3 is 0 Å². The van der Waals surface area contributed by atoms with Crippen molar-refractivity contribution in [2.75, 3.05) is 13.2 Å². The summed E-state index contributed by atoms with van der Waals surface area (Å²) in [5.74, 6) is 5.79. The monoisotopic (exact) mass is 238 g/mol. The summed E-state index contributed by atoms with van der Waals surface area (Å²) in [7, 11) is 0. The van der Waals surface area contributed by atoms with Crippen LogP contribution in [0.25, 0.3) is 11.0 Å². The molecule has 1 aromatic carbocycles. The van der Waals surface area contributed by atoms with Gasteiger partial charge in [0, 0.05) is 12.0 Å². The van der Waals surface area contributed by atoms with Crippen LogP contribution in [0.5, 0.6) is 0 Å². The number of benzene rings is 1. The van der Waals surface area contributed by atoms with Gasteiger partial charge in [-0.15, -0.1) is 0 Å². The van der Waals surface area contributed by atoms with Gasteiger partial charge < -0.3 is 9.15 Å². The summed E-state index contributed by atoms with van der Waals surface area (Å²) in [4.78, 5) is 0. The summed E-state index contributed by atoms with van der Waals surface area (Å²) in [5, 5.41) is 0.719. The molecule has 1 unspecified atom stereocenters. The molecule has 0 aliphatic heterocycles. The Kier molecular flexibility index (Phi) is 3.73. The molecule has 0 aliphatic carbocycles. The van der Waals surface area contributed by atoms with Crippen LogP contribution in [-0.4, -0.2) is 13.2 Å². The van der Waals surface area contributed by atoms with E-state index in [0.717, 1.165) is 5.39 Å².